The molecule has 0 aliphatic rings. The van der Waals surface area contributed by atoms with E-state index in [1.165, 1.54) is 0 Å². The largest absolute Gasteiger partial charge is 0.385 e. The van der Waals surface area contributed by atoms with Crippen molar-refractivity contribution >= 4 is 22.5 Å². The molecule has 6 heteroatoms. The number of hydrogen-bond acceptors (Lipinski definition) is 5. The van der Waals surface area contributed by atoms with Gasteiger partial charge in [0, 0.05) is 38.4 Å². The standard InChI is InChI=1S/C17H20N4O2/c1-21(12-17(22)19-8-5-9-23-2)16-10-13(11-18)20-15-7-4-3-6-14(15)16/h3-4,6-7,10H,5,8-9,12H2,1-2H3,(H,19,22). The fourth-order valence-electron chi connectivity index (χ4n) is 2.33. The lowest BCUT2D eigenvalue weighted by Gasteiger charge is -2.20. The van der Waals surface area contributed by atoms with Crippen molar-refractivity contribution < 1.29 is 9.53 Å². The molecule has 1 N–H and O–H groups in total. The highest BCUT2D eigenvalue weighted by molar-refractivity contribution is 5.94. The normalized spacial score (nSPS) is 10.3. The second-order valence-corrected chi connectivity index (χ2v) is 5.21. The van der Waals surface area contributed by atoms with Crippen LogP contribution >= 0.6 is 0 Å². The lowest BCUT2D eigenvalue weighted by Crippen LogP contribution is -2.36. The van der Waals surface area contributed by atoms with Crippen LogP contribution in [0.15, 0.2) is 30.3 Å². The van der Waals surface area contributed by atoms with Crippen LogP contribution in [0, 0.1) is 11.3 Å². The fourth-order valence-corrected chi connectivity index (χ4v) is 2.33. The number of hydrogen-bond donors (Lipinski definition) is 1. The molecule has 120 valence electrons. The van der Waals surface area contributed by atoms with Crippen LogP contribution in [0.4, 0.5) is 5.69 Å². The Labute approximate surface area is 135 Å². The Kier molecular flexibility index (Phi) is 5.89. The van der Waals surface area contributed by atoms with Gasteiger partial charge in [-0.15, -0.1) is 0 Å². The molecule has 0 atom stereocenters. The molecule has 0 fully saturated rings. The van der Waals surface area contributed by atoms with Gasteiger partial charge < -0.3 is 15.0 Å². The van der Waals surface area contributed by atoms with Gasteiger partial charge in [0.1, 0.15) is 11.8 Å². The molecular formula is C17H20N4O2. The summed E-state index contributed by atoms with van der Waals surface area (Å²) in [6, 6.07) is 11.4. The van der Waals surface area contributed by atoms with Crippen LogP contribution in [-0.4, -0.2) is 44.7 Å². The summed E-state index contributed by atoms with van der Waals surface area (Å²) in [5, 5.41) is 12.9. The van der Waals surface area contributed by atoms with Gasteiger partial charge in [-0.05, 0) is 18.6 Å². The molecule has 0 aliphatic heterocycles. The number of methoxy groups -OCH3 is 1. The SMILES string of the molecule is COCCCNC(=O)CN(C)c1cc(C#N)nc2ccccc12. The van der Waals surface area contributed by atoms with Crippen molar-refractivity contribution in [3.8, 4) is 6.07 Å². The third-order valence-electron chi connectivity index (χ3n) is 3.45. The third kappa shape index (κ3) is 4.41. The van der Waals surface area contributed by atoms with Crippen LogP contribution in [0.25, 0.3) is 10.9 Å². The molecule has 0 radical (unpaired) electrons. The summed E-state index contributed by atoms with van der Waals surface area (Å²) >= 11 is 0. The predicted octanol–water partition coefficient (Wildman–Crippen LogP) is 1.70. The molecule has 1 aromatic heterocycles. The Hall–Kier alpha value is -2.65. The van der Waals surface area contributed by atoms with Gasteiger partial charge in [0.2, 0.25) is 5.91 Å². The first kappa shape index (κ1) is 16.7. The number of rotatable bonds is 7. The molecule has 1 aromatic carbocycles. The topological polar surface area (TPSA) is 78.2 Å². The lowest BCUT2D eigenvalue weighted by molar-refractivity contribution is -0.119. The zero-order valence-corrected chi connectivity index (χ0v) is 13.4. The van der Waals surface area contributed by atoms with E-state index in [9.17, 15) is 4.79 Å². The number of aromatic nitrogens is 1. The smallest absolute Gasteiger partial charge is 0.239 e. The van der Waals surface area contributed by atoms with Crippen LogP contribution in [0.2, 0.25) is 0 Å². The zero-order chi connectivity index (χ0) is 16.7. The average Bonchev–Trinajstić information content (AvgIpc) is 2.57. The minimum Gasteiger partial charge on any atom is -0.385 e. The van der Waals surface area contributed by atoms with Crippen LogP contribution in [-0.2, 0) is 9.53 Å². The van der Waals surface area contributed by atoms with Crippen molar-refractivity contribution in [3.63, 3.8) is 0 Å². The van der Waals surface area contributed by atoms with Gasteiger partial charge in [-0.25, -0.2) is 4.98 Å². The number of likely N-dealkylation sites (N-methyl/N-ethyl adjacent to an activating group) is 1. The van der Waals surface area contributed by atoms with Gasteiger partial charge in [-0.1, -0.05) is 18.2 Å². The lowest BCUT2D eigenvalue weighted by atomic mass is 10.1. The molecule has 23 heavy (non-hydrogen) atoms. The van der Waals surface area contributed by atoms with Gasteiger partial charge in [-0.3, -0.25) is 4.79 Å². The highest BCUT2D eigenvalue weighted by atomic mass is 16.5. The van der Waals surface area contributed by atoms with E-state index < -0.39 is 0 Å². The summed E-state index contributed by atoms with van der Waals surface area (Å²) in [7, 11) is 3.47. The summed E-state index contributed by atoms with van der Waals surface area (Å²) in [6.45, 7) is 1.42. The van der Waals surface area contributed by atoms with Crippen molar-refractivity contribution in [2.75, 3.05) is 38.8 Å². The summed E-state index contributed by atoms with van der Waals surface area (Å²) in [5.41, 5.74) is 1.90. The number of ether oxygens (including phenoxy) is 1. The maximum absolute atomic E-state index is 12.0. The number of nitrogens with zero attached hydrogens (tertiary/aromatic N) is 3. The highest BCUT2D eigenvalue weighted by Crippen LogP contribution is 2.25. The number of para-hydroxylation sites is 1. The molecular weight excluding hydrogens is 292 g/mol. The summed E-state index contributed by atoms with van der Waals surface area (Å²) < 4.78 is 4.95. The van der Waals surface area contributed by atoms with Gasteiger partial charge in [0.15, 0.2) is 0 Å². The number of pyridine rings is 1. The summed E-state index contributed by atoms with van der Waals surface area (Å²) in [4.78, 5) is 18.1. The monoisotopic (exact) mass is 312 g/mol. The number of fused-ring (bicyclic) bond motifs is 1. The zero-order valence-electron chi connectivity index (χ0n) is 13.4. The predicted molar refractivity (Wildman–Crippen MR) is 89.2 cm³/mol. The van der Waals surface area contributed by atoms with Crippen molar-refractivity contribution in [1.29, 1.82) is 5.26 Å². The molecule has 1 heterocycles. The van der Waals surface area contributed by atoms with Crippen molar-refractivity contribution in [3.05, 3.63) is 36.0 Å². The first-order valence-corrected chi connectivity index (χ1v) is 7.42. The molecule has 0 spiro atoms. The summed E-state index contributed by atoms with van der Waals surface area (Å²) in [5.74, 6) is -0.0667. The van der Waals surface area contributed by atoms with Gasteiger partial charge in [0.05, 0.1) is 12.1 Å². The molecule has 0 saturated heterocycles. The molecule has 2 aromatic rings. The van der Waals surface area contributed by atoms with E-state index in [1.54, 1.807) is 13.2 Å². The maximum Gasteiger partial charge on any atom is 0.239 e. The third-order valence-corrected chi connectivity index (χ3v) is 3.45. The Morgan fingerprint density at radius 3 is 2.96 bits per heavy atom. The van der Waals surface area contributed by atoms with Crippen LogP contribution in [0.5, 0.6) is 0 Å². The number of carbonyl (C=O) groups excluding carboxylic acids is 1. The Morgan fingerprint density at radius 1 is 1.43 bits per heavy atom. The molecule has 6 nitrogen and oxygen atoms in total. The minimum atomic E-state index is -0.0667. The van der Waals surface area contributed by atoms with E-state index in [1.807, 2.05) is 36.2 Å². The first-order chi connectivity index (χ1) is 11.2. The number of benzene rings is 1. The molecule has 2 rings (SSSR count). The van der Waals surface area contributed by atoms with E-state index in [0.29, 0.717) is 18.8 Å². The molecule has 0 unspecified atom stereocenters. The van der Waals surface area contributed by atoms with Crippen molar-refractivity contribution in [2.24, 2.45) is 0 Å². The summed E-state index contributed by atoms with van der Waals surface area (Å²) in [6.07, 6.45) is 0.780. The van der Waals surface area contributed by atoms with Crippen LogP contribution in [0.1, 0.15) is 12.1 Å². The van der Waals surface area contributed by atoms with Gasteiger partial charge in [0.25, 0.3) is 0 Å². The molecule has 0 bridgehead atoms. The second kappa shape index (κ2) is 8.11. The van der Waals surface area contributed by atoms with Crippen LogP contribution < -0.4 is 10.2 Å². The van der Waals surface area contributed by atoms with E-state index in [4.69, 9.17) is 10.00 Å². The maximum atomic E-state index is 12.0. The number of amides is 1. The highest BCUT2D eigenvalue weighted by Gasteiger charge is 2.12. The number of nitrogens with one attached hydrogen (secondary N) is 1. The number of anilines is 1. The Bertz CT molecular complexity index is 724. The molecule has 0 saturated carbocycles. The Morgan fingerprint density at radius 2 is 2.22 bits per heavy atom. The number of nitriles is 1. The van der Waals surface area contributed by atoms with Crippen molar-refractivity contribution in [1.82, 2.24) is 10.3 Å². The first-order valence-electron chi connectivity index (χ1n) is 7.42. The van der Waals surface area contributed by atoms with Crippen LogP contribution in [0.3, 0.4) is 0 Å². The number of carbonyl (C=O) groups is 1. The molecule has 1 amide bonds. The second-order valence-electron chi connectivity index (χ2n) is 5.21. The Balaban J connectivity index is 2.12. The van der Waals surface area contributed by atoms with Gasteiger partial charge >= 0.3 is 0 Å². The van der Waals surface area contributed by atoms with E-state index in [2.05, 4.69) is 16.4 Å². The van der Waals surface area contributed by atoms with E-state index >= 15 is 0 Å². The van der Waals surface area contributed by atoms with Gasteiger partial charge in [-0.2, -0.15) is 5.26 Å². The average molecular weight is 312 g/mol. The fraction of sp³-hybridized carbons (Fsp3) is 0.353. The minimum absolute atomic E-state index is 0.0667. The van der Waals surface area contributed by atoms with E-state index in [0.717, 1.165) is 23.0 Å². The van der Waals surface area contributed by atoms with E-state index in [-0.39, 0.29) is 12.5 Å². The quantitative estimate of drug-likeness (QED) is 0.787. The molecule has 0 aliphatic carbocycles. The van der Waals surface area contributed by atoms with Crippen molar-refractivity contribution in [2.45, 2.75) is 6.42 Å².